The molecule has 18 nitrogen and oxygen atoms in total. The summed E-state index contributed by atoms with van der Waals surface area (Å²) in [7, 11) is -4.02. The fraction of sp³-hybridized carbons (Fsp3) is 0.944. The Labute approximate surface area is 864 Å². The predicted octanol–water partition coefficient (Wildman–Crippen LogP) is 25.5. The summed E-state index contributed by atoms with van der Waals surface area (Å²) < 4.78 is 94.4. The van der Waals surface area contributed by atoms with Crippen molar-refractivity contribution in [1.29, 1.82) is 0 Å². The lowest BCUT2D eigenvalue weighted by molar-refractivity contribution is -0.348. The van der Waals surface area contributed by atoms with E-state index in [9.17, 15) is 28.5 Å². The lowest BCUT2D eigenvalue weighted by Crippen LogP contribution is -2.60. The van der Waals surface area contributed by atoms with Crippen molar-refractivity contribution in [3.63, 3.8) is 0 Å². The van der Waals surface area contributed by atoms with Gasteiger partial charge in [-0.2, -0.15) is 8.42 Å². The first-order valence-electron chi connectivity index (χ1n) is 59.7. The molecule has 27 rings (SSSR count). The van der Waals surface area contributed by atoms with Gasteiger partial charge < -0.3 is 68.2 Å². The van der Waals surface area contributed by atoms with Gasteiger partial charge in [-0.05, 0) is 407 Å². The molecule has 39 atom stereocenters. The molecule has 810 valence electrons. The molecule has 26 aliphatic rings. The second kappa shape index (κ2) is 37.0. The average Bonchev–Trinajstić information content (AvgIpc) is 1.57. The third-order valence-electron chi connectivity index (χ3n) is 51.3. The van der Waals surface area contributed by atoms with Crippen molar-refractivity contribution in [2.45, 2.75) is 479 Å². The fourth-order valence-electron chi connectivity index (χ4n) is 42.6. The van der Waals surface area contributed by atoms with Crippen molar-refractivity contribution in [3.8, 4) is 0 Å². The summed E-state index contributed by atoms with van der Waals surface area (Å²) in [5.41, 5.74) is 4.67. The number of carbonyl (C=O) groups excluding carboxylic acids is 1. The lowest BCUT2D eigenvalue weighted by atomic mass is 9.44. The second-order valence-corrected chi connectivity index (χ2v) is 62.5. The molecule has 0 unspecified atom stereocenters. The molecule has 26 fully saturated rings. The van der Waals surface area contributed by atoms with Crippen molar-refractivity contribution >= 4 is 15.9 Å². The van der Waals surface area contributed by atoms with Crippen LogP contribution in [-0.2, 0) is 62.3 Å². The van der Waals surface area contributed by atoms with E-state index in [1.165, 1.54) is 205 Å². The molecule has 19 heteroatoms. The van der Waals surface area contributed by atoms with Crippen LogP contribution in [0, 0.1) is 213 Å². The van der Waals surface area contributed by atoms with Crippen LogP contribution >= 0.6 is 0 Å². The third-order valence-corrected chi connectivity index (χ3v) is 52.1. The number of hydrogen-bond acceptors (Lipinski definition) is 16. The maximum absolute atomic E-state index is 12.4. The van der Waals surface area contributed by atoms with Crippen LogP contribution < -0.4 is 0 Å². The summed E-state index contributed by atoms with van der Waals surface area (Å²) in [4.78, 5) is 12.4. The number of fused-ring (bicyclic) bond motifs is 32. The van der Waals surface area contributed by atoms with Crippen LogP contribution in [0.3, 0.4) is 0 Å². The fourth-order valence-corrected chi connectivity index (χ4v) is 43.0. The van der Waals surface area contributed by atoms with E-state index in [1.54, 1.807) is 12.1 Å². The number of rotatable bonds is 1. The van der Waals surface area contributed by atoms with Gasteiger partial charge in [0.1, 0.15) is 5.78 Å². The molecule has 6 N–H and O–H groups in total. The Morgan fingerprint density at radius 2 is 0.636 bits per heavy atom. The number of ketones is 1. The molecule has 6 heterocycles. The van der Waals surface area contributed by atoms with Gasteiger partial charge in [0, 0.05) is 80.8 Å². The van der Waals surface area contributed by atoms with Crippen LogP contribution in [0.25, 0.3) is 0 Å². The number of aliphatic hydroxyl groups is 3. The Morgan fingerprint density at radius 3 is 1.03 bits per heavy atom. The van der Waals surface area contributed by atoms with Gasteiger partial charge in [0.05, 0.1) is 100 Å². The standard InChI is InChI=1S/C25H42O3.2C24H38O3.C24H40O3.C20H32O2.C7H8O3S.H2O/c1-16-13-23(4)17(12-21(16)26)6-7-18-19(23)8-10-24(5)20(18)9-11-25(24)27-14-22(2,3)15-28-25;1-21(2)13-25-24(26-14-21)12-8-17-15-5-6-18-20-19(27-20)9-10-22(18,3)16(15)7-11-23(17,24)4;1-21(2)13-25-24(26-14-21)10-8-18-16-6-5-15-11-19-20(27-19)12-22(15,3)17(16)7-9-23(18,24)4;1-21(2)14-26-24(27-15-21)12-9-20-18-6-5-16-13-17(25)7-10-22(16,3)19(18)8-11-23(20,24)4;1-12-11-20(3)13(10-17(12)21)4-5-14-15-6-7-18(22)19(15,2)9-8-16(14)20;1-6-2-4-7(5-3-6)11(8,9)10;/h16-21,26H,6-15H2,1-5H3;2*15-20H,5-14H2,1-4H3;16-20,25H,5-15H2,1-4H3;12-17,21H,4-11H2,1-3H3;2-5H,1H3,(H,8,9,10);1H2/t16-,17-,18+,19-,20-,21-,23-,24-;15-,16+,17+,18+,19-,20+,22-,23+;15-,16+,17-,18-,19-,20+,22-,23-;16-,17+,18+,19-,20-,22-,23-;12-,13-,14-,15-,16-,17-,19-,20-;;/m01000../s1. The van der Waals surface area contributed by atoms with E-state index in [1.807, 2.05) is 6.92 Å². The molecule has 4 spiro atoms. The van der Waals surface area contributed by atoms with E-state index >= 15 is 0 Å². The van der Waals surface area contributed by atoms with Crippen molar-refractivity contribution in [3.05, 3.63) is 29.8 Å². The van der Waals surface area contributed by atoms with Crippen molar-refractivity contribution in [1.82, 2.24) is 0 Å². The summed E-state index contributed by atoms with van der Waals surface area (Å²) in [6, 6.07) is 5.99. The number of benzene rings is 1. The zero-order chi connectivity index (χ0) is 101. The third kappa shape index (κ3) is 17.3. The van der Waals surface area contributed by atoms with Crippen LogP contribution in [0.2, 0.25) is 0 Å². The Bertz CT molecular complexity index is 4760. The van der Waals surface area contributed by atoms with Crippen molar-refractivity contribution in [2.24, 2.45) is 206 Å². The van der Waals surface area contributed by atoms with Crippen LogP contribution in [-0.4, -0.2) is 158 Å². The second-order valence-electron chi connectivity index (χ2n) is 61.1. The minimum Gasteiger partial charge on any atom is -0.412 e. The number of aryl methyl sites for hydroxylation is 1. The minimum atomic E-state index is -4.02. The van der Waals surface area contributed by atoms with E-state index in [0.717, 1.165) is 236 Å². The maximum Gasteiger partial charge on any atom is 0.294 e. The number of epoxide rings is 2. The van der Waals surface area contributed by atoms with Gasteiger partial charge in [-0.25, -0.2) is 0 Å². The molecule has 0 radical (unpaired) electrons. The Balaban J connectivity index is 0.000000103. The quantitative estimate of drug-likeness (QED) is 0.150. The molecule has 1 aromatic carbocycles. The summed E-state index contributed by atoms with van der Waals surface area (Å²) >= 11 is 0. The molecule has 1 aromatic rings. The maximum atomic E-state index is 12.4. The normalized spacial score (nSPS) is 52.2. The van der Waals surface area contributed by atoms with Gasteiger partial charge >= 0.3 is 0 Å². The van der Waals surface area contributed by atoms with E-state index in [0.29, 0.717) is 80.9 Å². The number of ether oxygens (including phenoxy) is 10. The molecular formula is C124H200O18S. The summed E-state index contributed by atoms with van der Waals surface area (Å²) in [5.74, 6) is 16.3. The van der Waals surface area contributed by atoms with Gasteiger partial charge in [-0.1, -0.05) is 156 Å². The highest BCUT2D eigenvalue weighted by atomic mass is 32.2. The van der Waals surface area contributed by atoms with E-state index in [4.69, 9.17) is 51.9 Å². The topological polar surface area (TPSA) is 263 Å². The van der Waals surface area contributed by atoms with Crippen LogP contribution in [0.5, 0.6) is 0 Å². The zero-order valence-corrected chi connectivity index (χ0v) is 94.0. The first-order valence-corrected chi connectivity index (χ1v) is 61.2. The summed E-state index contributed by atoms with van der Waals surface area (Å²) in [5, 5.41) is 31.0. The minimum absolute atomic E-state index is 0. The molecule has 20 aliphatic carbocycles. The zero-order valence-electron chi connectivity index (χ0n) is 93.2. The number of carbonyl (C=O) groups is 1. The number of hydrogen-bond donors (Lipinski definition) is 4. The summed E-state index contributed by atoms with van der Waals surface area (Å²) in [6.07, 6.45) is 53.4. The molecule has 0 aromatic heterocycles. The van der Waals surface area contributed by atoms with Gasteiger partial charge in [0.25, 0.3) is 10.1 Å². The van der Waals surface area contributed by atoms with Gasteiger partial charge in [0.15, 0.2) is 23.1 Å². The van der Waals surface area contributed by atoms with E-state index in [2.05, 4.69) is 138 Å². The lowest BCUT2D eigenvalue weighted by Gasteiger charge is -2.63. The molecule has 6 saturated heterocycles. The van der Waals surface area contributed by atoms with Crippen molar-refractivity contribution in [2.75, 3.05) is 52.9 Å². The van der Waals surface area contributed by atoms with Crippen LogP contribution in [0.15, 0.2) is 29.2 Å². The Hall–Kier alpha value is -1.76. The highest BCUT2D eigenvalue weighted by Crippen LogP contribution is 2.78. The Kier molecular flexibility index (Phi) is 27.6. The molecule has 0 amide bonds. The molecule has 6 aliphatic heterocycles. The molecule has 20 saturated carbocycles. The van der Waals surface area contributed by atoms with E-state index in [-0.39, 0.29) is 101 Å². The molecule has 0 bridgehead atoms. The van der Waals surface area contributed by atoms with Crippen LogP contribution in [0.1, 0.15) is 407 Å². The Morgan fingerprint density at radius 1 is 0.308 bits per heavy atom. The smallest absolute Gasteiger partial charge is 0.294 e. The van der Waals surface area contributed by atoms with Gasteiger partial charge in [0.2, 0.25) is 0 Å². The highest BCUT2D eigenvalue weighted by Gasteiger charge is 2.76. The monoisotopic (exact) mass is 2010 g/mol. The highest BCUT2D eigenvalue weighted by molar-refractivity contribution is 7.85. The number of aliphatic hydroxyl groups excluding tert-OH is 3. The van der Waals surface area contributed by atoms with Gasteiger partial charge in [-0.3, -0.25) is 9.35 Å². The molecule has 143 heavy (non-hydrogen) atoms. The number of Topliss-reactive ketones (excluding diaryl/α,β-unsaturated/α-hetero) is 1. The predicted molar refractivity (Wildman–Crippen MR) is 557 cm³/mol. The first-order chi connectivity index (χ1) is 66.7. The largest absolute Gasteiger partial charge is 0.412 e. The van der Waals surface area contributed by atoms with Gasteiger partial charge in [-0.15, -0.1) is 0 Å². The molecular weight excluding hydrogens is 1810 g/mol. The average molecular weight is 2010 g/mol. The SMILES string of the molecule is CC1(C)COC2(CC[C@H]3[C@@H]4CC[C@H]5C[C@@H]6O[C@@H]6C[C@]5(C)[C@H]4CC[C@@]32C)OC1.CC1(C)COC2(CC[C@H]3[C@@H]4CC[C@H]5C[C@H](O)CC[C@]5(C)[C@H]4CC[C@@]32C)OC1.CC1(C)COC2(CC[C@H]3[C@@H]4CC[C@H]5[C@@H]6O[C@@H]6CC[C@]5(C)[C@H]4CC[C@@]32C)OC1.C[C@H]1C[C@@]2(C)[C@@H](CC[C@@H]3[C@@H]2CC[C@@]2(C)[C@H]3CCC23OCC(C)(C)CO3)C[C@@H]1O.C[C@H]1C[C@@]2(C)[C@@H](CC[C@@H]3[C@@H]2CC[C@]2(C)C(=O)CC[C@@H]32)C[C@@H]1O.Cc1ccc(S(=O)(=O)O)cc1.O. The van der Waals surface area contributed by atoms with E-state index < -0.39 is 10.1 Å². The summed E-state index contributed by atoms with van der Waals surface area (Å²) in [6.45, 7) is 56.4. The van der Waals surface area contributed by atoms with Crippen LogP contribution in [0.4, 0.5) is 0 Å². The first kappa shape index (κ1) is 107. The van der Waals surface area contributed by atoms with Crippen molar-refractivity contribution < 1.29 is 85.9 Å².